The lowest BCUT2D eigenvalue weighted by atomic mass is 9.96. The standard InChI is InChI=1S/C18H29N5O3/c1-14(24)19-17-13-16(23(25)26)3-4-18(17)22-7-5-15(6-8-22)21-11-9-20(2)10-12-21/h3-4,15,17H,5-13H2,1-2H3,(H,19,24). The topological polar surface area (TPSA) is 82.0 Å². The maximum absolute atomic E-state index is 11.5. The first-order valence-corrected chi connectivity index (χ1v) is 9.44. The summed E-state index contributed by atoms with van der Waals surface area (Å²) in [6.45, 7) is 7.85. The van der Waals surface area contributed by atoms with Gasteiger partial charge in [-0.25, -0.2) is 0 Å². The van der Waals surface area contributed by atoms with Gasteiger partial charge in [-0.3, -0.25) is 19.8 Å². The molecule has 2 heterocycles. The summed E-state index contributed by atoms with van der Waals surface area (Å²) in [6.07, 6.45) is 5.84. The van der Waals surface area contributed by atoms with Crippen LogP contribution in [0.3, 0.4) is 0 Å². The average molecular weight is 363 g/mol. The number of nitrogens with zero attached hydrogens (tertiary/aromatic N) is 4. The summed E-state index contributed by atoms with van der Waals surface area (Å²) >= 11 is 0. The Kier molecular flexibility index (Phi) is 5.93. The number of piperazine rings is 1. The van der Waals surface area contributed by atoms with Crippen molar-refractivity contribution < 1.29 is 9.72 Å². The van der Waals surface area contributed by atoms with Crippen LogP contribution in [0.1, 0.15) is 26.2 Å². The summed E-state index contributed by atoms with van der Waals surface area (Å²) in [5.41, 5.74) is 1.16. The van der Waals surface area contributed by atoms with Crippen molar-refractivity contribution in [3.8, 4) is 0 Å². The lowest BCUT2D eigenvalue weighted by Gasteiger charge is -2.44. The normalized spacial score (nSPS) is 26.2. The van der Waals surface area contributed by atoms with Gasteiger partial charge in [-0.1, -0.05) is 0 Å². The van der Waals surface area contributed by atoms with Gasteiger partial charge in [0.1, 0.15) is 0 Å². The largest absolute Gasteiger partial charge is 0.373 e. The van der Waals surface area contributed by atoms with Crippen molar-refractivity contribution in [2.75, 3.05) is 46.3 Å². The highest BCUT2D eigenvalue weighted by atomic mass is 16.6. The number of hydrogen-bond donors (Lipinski definition) is 1. The molecule has 0 aromatic carbocycles. The number of likely N-dealkylation sites (N-methyl/N-ethyl adjacent to an activating group) is 1. The molecule has 144 valence electrons. The van der Waals surface area contributed by atoms with E-state index < -0.39 is 0 Å². The monoisotopic (exact) mass is 363 g/mol. The second-order valence-electron chi connectivity index (χ2n) is 7.52. The van der Waals surface area contributed by atoms with Crippen LogP contribution in [0.15, 0.2) is 23.5 Å². The molecular formula is C18H29N5O3. The van der Waals surface area contributed by atoms with Crippen LogP contribution in [-0.2, 0) is 4.79 Å². The van der Waals surface area contributed by atoms with Gasteiger partial charge in [0, 0.05) is 64.0 Å². The molecule has 0 aromatic heterocycles. The van der Waals surface area contributed by atoms with Crippen molar-refractivity contribution in [3.05, 3.63) is 33.7 Å². The fourth-order valence-corrected chi connectivity index (χ4v) is 4.19. The molecule has 8 nitrogen and oxygen atoms in total. The molecule has 2 fully saturated rings. The number of likely N-dealkylation sites (tertiary alicyclic amines) is 1. The highest BCUT2D eigenvalue weighted by Crippen LogP contribution is 2.27. The summed E-state index contributed by atoms with van der Waals surface area (Å²) in [4.78, 5) is 29.5. The molecule has 0 spiro atoms. The van der Waals surface area contributed by atoms with E-state index in [9.17, 15) is 14.9 Å². The van der Waals surface area contributed by atoms with Crippen LogP contribution in [-0.4, -0.2) is 83.9 Å². The first-order valence-electron chi connectivity index (χ1n) is 9.44. The molecule has 1 atom stereocenters. The van der Waals surface area contributed by atoms with Gasteiger partial charge in [0.25, 0.3) is 0 Å². The molecule has 1 N–H and O–H groups in total. The van der Waals surface area contributed by atoms with E-state index in [1.165, 1.54) is 6.92 Å². The highest BCUT2D eigenvalue weighted by Gasteiger charge is 2.32. The van der Waals surface area contributed by atoms with Crippen molar-refractivity contribution in [1.82, 2.24) is 20.0 Å². The minimum Gasteiger partial charge on any atom is -0.373 e. The Labute approximate surface area is 154 Å². The Morgan fingerprint density at radius 2 is 1.81 bits per heavy atom. The summed E-state index contributed by atoms with van der Waals surface area (Å²) in [5, 5.41) is 14.0. The third-order valence-electron chi connectivity index (χ3n) is 5.71. The lowest BCUT2D eigenvalue weighted by Crippen LogP contribution is -2.53. The van der Waals surface area contributed by atoms with Crippen LogP contribution in [0.4, 0.5) is 0 Å². The molecule has 0 radical (unpaired) electrons. The Morgan fingerprint density at radius 1 is 1.15 bits per heavy atom. The number of nitro groups is 1. The summed E-state index contributed by atoms with van der Waals surface area (Å²) in [6, 6.07) is 0.311. The zero-order valence-electron chi connectivity index (χ0n) is 15.7. The van der Waals surface area contributed by atoms with Crippen LogP contribution in [0, 0.1) is 10.1 Å². The molecule has 8 heteroatoms. The number of allylic oxidation sites excluding steroid dienone is 2. The van der Waals surface area contributed by atoms with Crippen LogP contribution in [0.5, 0.6) is 0 Å². The lowest BCUT2D eigenvalue weighted by molar-refractivity contribution is -0.428. The second-order valence-corrected chi connectivity index (χ2v) is 7.52. The van der Waals surface area contributed by atoms with Crippen molar-refractivity contribution in [1.29, 1.82) is 0 Å². The predicted octanol–water partition coefficient (Wildman–Crippen LogP) is 0.651. The van der Waals surface area contributed by atoms with E-state index >= 15 is 0 Å². The Balaban J connectivity index is 1.62. The van der Waals surface area contributed by atoms with E-state index in [4.69, 9.17) is 0 Å². The Morgan fingerprint density at radius 3 is 2.38 bits per heavy atom. The van der Waals surface area contributed by atoms with Gasteiger partial charge in [0.05, 0.1) is 17.4 Å². The summed E-state index contributed by atoms with van der Waals surface area (Å²) in [7, 11) is 2.17. The molecule has 0 bridgehead atoms. The molecule has 3 aliphatic rings. The van der Waals surface area contributed by atoms with Crippen LogP contribution in [0.25, 0.3) is 0 Å². The maximum Gasteiger partial charge on any atom is 0.248 e. The molecule has 3 rings (SSSR count). The third-order valence-corrected chi connectivity index (χ3v) is 5.71. The number of carbonyl (C=O) groups is 1. The van der Waals surface area contributed by atoms with Crippen LogP contribution in [0.2, 0.25) is 0 Å². The smallest absolute Gasteiger partial charge is 0.248 e. The summed E-state index contributed by atoms with van der Waals surface area (Å²) < 4.78 is 0. The van der Waals surface area contributed by atoms with E-state index in [1.54, 1.807) is 6.08 Å². The van der Waals surface area contributed by atoms with Gasteiger partial charge in [-0.15, -0.1) is 0 Å². The molecule has 2 saturated heterocycles. The van der Waals surface area contributed by atoms with E-state index in [2.05, 4.69) is 27.1 Å². The van der Waals surface area contributed by atoms with Crippen molar-refractivity contribution in [2.24, 2.45) is 0 Å². The van der Waals surface area contributed by atoms with E-state index in [-0.39, 0.29) is 29.0 Å². The van der Waals surface area contributed by atoms with Crippen LogP contribution >= 0.6 is 0 Å². The Bertz CT molecular complexity index is 602. The molecule has 2 aliphatic heterocycles. The predicted molar refractivity (Wildman–Crippen MR) is 99.0 cm³/mol. The molecule has 1 unspecified atom stereocenters. The number of amides is 1. The van der Waals surface area contributed by atoms with E-state index in [0.29, 0.717) is 6.04 Å². The first-order chi connectivity index (χ1) is 12.4. The van der Waals surface area contributed by atoms with E-state index in [1.807, 2.05) is 6.08 Å². The average Bonchev–Trinajstić information content (AvgIpc) is 2.62. The molecule has 0 saturated carbocycles. The third kappa shape index (κ3) is 4.42. The number of piperidine rings is 1. The fraction of sp³-hybridized carbons (Fsp3) is 0.722. The minimum absolute atomic E-state index is 0.153. The molecule has 0 aromatic rings. The van der Waals surface area contributed by atoms with Gasteiger partial charge in [-0.2, -0.15) is 0 Å². The number of carbonyl (C=O) groups excluding carboxylic acids is 1. The molecule has 1 amide bonds. The SMILES string of the molecule is CC(=O)NC1CC([N+](=O)[O-])=CC=C1N1CCC(N2CCN(C)CC2)CC1. The van der Waals surface area contributed by atoms with Gasteiger partial charge in [-0.05, 0) is 26.0 Å². The minimum atomic E-state index is -0.359. The maximum atomic E-state index is 11.5. The molecular weight excluding hydrogens is 334 g/mol. The van der Waals surface area contributed by atoms with Crippen molar-refractivity contribution >= 4 is 5.91 Å². The van der Waals surface area contributed by atoms with E-state index in [0.717, 1.165) is 57.8 Å². The van der Waals surface area contributed by atoms with Gasteiger partial charge < -0.3 is 15.1 Å². The molecule has 26 heavy (non-hydrogen) atoms. The summed E-state index contributed by atoms with van der Waals surface area (Å²) in [5.74, 6) is -0.155. The second kappa shape index (κ2) is 8.18. The van der Waals surface area contributed by atoms with Gasteiger partial charge in [0.15, 0.2) is 0 Å². The highest BCUT2D eigenvalue weighted by molar-refractivity contribution is 5.73. The van der Waals surface area contributed by atoms with Gasteiger partial charge >= 0.3 is 0 Å². The molecule has 1 aliphatic carbocycles. The van der Waals surface area contributed by atoms with Gasteiger partial charge in [0.2, 0.25) is 11.6 Å². The number of nitrogens with one attached hydrogen (secondary N) is 1. The van der Waals surface area contributed by atoms with Crippen LogP contribution < -0.4 is 5.32 Å². The first kappa shape index (κ1) is 18.8. The number of hydrogen-bond acceptors (Lipinski definition) is 6. The quantitative estimate of drug-likeness (QED) is 0.583. The fourth-order valence-electron chi connectivity index (χ4n) is 4.19. The zero-order valence-corrected chi connectivity index (χ0v) is 15.7. The van der Waals surface area contributed by atoms with Crippen molar-refractivity contribution in [2.45, 2.75) is 38.3 Å². The Hall–Kier alpha value is -1.93. The van der Waals surface area contributed by atoms with Crippen molar-refractivity contribution in [3.63, 3.8) is 0 Å². The zero-order chi connectivity index (χ0) is 18.7. The number of rotatable bonds is 4.